The normalized spacial score (nSPS) is 10.4. The van der Waals surface area contributed by atoms with Gasteiger partial charge < -0.3 is 14.8 Å². The molecule has 2 rings (SSSR count). The minimum atomic E-state index is -0.173. The van der Waals surface area contributed by atoms with Crippen LogP contribution in [0.5, 0.6) is 11.5 Å². The number of rotatable bonds is 7. The van der Waals surface area contributed by atoms with Crippen LogP contribution in [0.2, 0.25) is 0 Å². The fourth-order valence-electron chi connectivity index (χ4n) is 2.07. The van der Waals surface area contributed by atoms with E-state index in [4.69, 9.17) is 9.47 Å². The molecule has 1 N–H and O–H groups in total. The smallest absolute Gasteiger partial charge is 0.255 e. The van der Waals surface area contributed by atoms with Gasteiger partial charge in [0.15, 0.2) is 0 Å². The average molecular weight is 313 g/mol. The van der Waals surface area contributed by atoms with Crippen molar-refractivity contribution in [1.82, 2.24) is 0 Å². The van der Waals surface area contributed by atoms with E-state index < -0.39 is 0 Å². The van der Waals surface area contributed by atoms with E-state index in [9.17, 15) is 4.79 Å². The van der Waals surface area contributed by atoms with Crippen LogP contribution in [0.25, 0.3) is 0 Å². The maximum absolute atomic E-state index is 12.4. The van der Waals surface area contributed by atoms with Crippen LogP contribution < -0.4 is 14.8 Å². The molecular weight excluding hydrogens is 290 g/mol. The highest BCUT2D eigenvalue weighted by molar-refractivity contribution is 6.04. The summed E-state index contributed by atoms with van der Waals surface area (Å²) in [6, 6.07) is 14.6. The molecule has 0 saturated carbocycles. The van der Waals surface area contributed by atoms with Gasteiger partial charge in [-0.2, -0.15) is 0 Å². The van der Waals surface area contributed by atoms with Crippen LogP contribution in [0.1, 0.15) is 37.6 Å². The van der Waals surface area contributed by atoms with Crippen LogP contribution in [-0.4, -0.2) is 18.6 Å². The summed E-state index contributed by atoms with van der Waals surface area (Å²) in [6.45, 7) is 6.61. The zero-order valence-corrected chi connectivity index (χ0v) is 13.8. The highest BCUT2D eigenvalue weighted by Gasteiger charge is 2.08. The fourth-order valence-corrected chi connectivity index (χ4v) is 2.07. The average Bonchev–Trinajstić information content (AvgIpc) is 2.53. The number of carbonyl (C=O) groups excluding carboxylic acids is 1. The second-order valence-corrected chi connectivity index (χ2v) is 5.52. The Hall–Kier alpha value is -2.49. The molecule has 0 saturated heterocycles. The van der Waals surface area contributed by atoms with Gasteiger partial charge in [0.25, 0.3) is 5.91 Å². The highest BCUT2D eigenvalue weighted by Crippen LogP contribution is 2.20. The maximum atomic E-state index is 12.4. The number of carbonyl (C=O) groups is 1. The summed E-state index contributed by atoms with van der Waals surface area (Å²) < 4.78 is 11.2. The minimum Gasteiger partial charge on any atom is -0.494 e. The lowest BCUT2D eigenvalue weighted by molar-refractivity contribution is 0.102. The first-order valence-electron chi connectivity index (χ1n) is 7.89. The van der Waals surface area contributed by atoms with E-state index in [1.165, 1.54) is 0 Å². The first-order valence-corrected chi connectivity index (χ1v) is 7.89. The Kier molecular flexibility index (Phi) is 6.03. The fraction of sp³-hybridized carbons (Fsp3) is 0.316. The Morgan fingerprint density at radius 2 is 1.83 bits per heavy atom. The van der Waals surface area contributed by atoms with Crippen molar-refractivity contribution in [3.8, 4) is 11.5 Å². The van der Waals surface area contributed by atoms with Crippen LogP contribution >= 0.6 is 0 Å². The topological polar surface area (TPSA) is 47.6 Å². The molecule has 2 aromatic carbocycles. The number of ether oxygens (including phenoxy) is 2. The van der Waals surface area contributed by atoms with Gasteiger partial charge in [0, 0.05) is 17.3 Å². The van der Waals surface area contributed by atoms with Gasteiger partial charge in [0.05, 0.1) is 12.7 Å². The van der Waals surface area contributed by atoms with E-state index >= 15 is 0 Å². The molecule has 4 nitrogen and oxygen atoms in total. The predicted octanol–water partition coefficient (Wildman–Crippen LogP) is 4.51. The van der Waals surface area contributed by atoms with E-state index in [0.717, 1.165) is 12.2 Å². The third-order valence-corrected chi connectivity index (χ3v) is 3.03. The largest absolute Gasteiger partial charge is 0.494 e. The zero-order valence-electron chi connectivity index (χ0n) is 13.8. The Bertz CT molecular complexity index is 653. The number of hydrogen-bond donors (Lipinski definition) is 1. The van der Waals surface area contributed by atoms with Crippen molar-refractivity contribution in [2.75, 3.05) is 11.9 Å². The van der Waals surface area contributed by atoms with Crippen molar-refractivity contribution in [3.05, 3.63) is 54.1 Å². The van der Waals surface area contributed by atoms with Crippen LogP contribution in [0, 0.1) is 0 Å². The maximum Gasteiger partial charge on any atom is 0.255 e. The van der Waals surface area contributed by atoms with E-state index in [1.54, 1.807) is 12.1 Å². The first kappa shape index (κ1) is 16.9. The molecule has 122 valence electrons. The molecule has 23 heavy (non-hydrogen) atoms. The molecule has 0 heterocycles. The number of hydrogen-bond acceptors (Lipinski definition) is 3. The van der Waals surface area contributed by atoms with Crippen molar-refractivity contribution in [2.24, 2.45) is 0 Å². The van der Waals surface area contributed by atoms with Gasteiger partial charge in [-0.05, 0) is 50.6 Å². The van der Waals surface area contributed by atoms with Gasteiger partial charge in [0.1, 0.15) is 11.5 Å². The van der Waals surface area contributed by atoms with Crippen molar-refractivity contribution in [1.29, 1.82) is 0 Å². The van der Waals surface area contributed by atoms with E-state index in [1.807, 2.05) is 57.2 Å². The van der Waals surface area contributed by atoms with Crippen molar-refractivity contribution < 1.29 is 14.3 Å². The lowest BCUT2D eigenvalue weighted by atomic mass is 10.2. The summed E-state index contributed by atoms with van der Waals surface area (Å²) in [6.07, 6.45) is 1.02. The molecule has 4 heteroatoms. The number of anilines is 1. The summed E-state index contributed by atoms with van der Waals surface area (Å²) in [5, 5.41) is 2.88. The molecule has 1 amide bonds. The lowest BCUT2D eigenvalue weighted by Crippen LogP contribution is -2.12. The van der Waals surface area contributed by atoms with E-state index in [0.29, 0.717) is 23.6 Å². The van der Waals surface area contributed by atoms with Gasteiger partial charge in [-0.15, -0.1) is 0 Å². The summed E-state index contributed by atoms with van der Waals surface area (Å²) in [4.78, 5) is 12.4. The molecule has 0 unspecified atom stereocenters. The van der Waals surface area contributed by atoms with Crippen LogP contribution in [-0.2, 0) is 0 Å². The lowest BCUT2D eigenvalue weighted by Gasteiger charge is -2.12. The molecule has 0 spiro atoms. The Labute approximate surface area is 137 Å². The molecule has 0 atom stereocenters. The number of nitrogens with one attached hydrogen (secondary N) is 1. The quantitative estimate of drug-likeness (QED) is 0.818. The molecule has 2 aromatic rings. The van der Waals surface area contributed by atoms with E-state index in [-0.39, 0.29) is 12.0 Å². The molecule has 0 aromatic heterocycles. The predicted molar refractivity (Wildman–Crippen MR) is 92.4 cm³/mol. The highest BCUT2D eigenvalue weighted by atomic mass is 16.5. The SMILES string of the molecule is CCCOc1cccc(C(=O)Nc2cccc(OC(C)C)c2)c1. The van der Waals surface area contributed by atoms with Gasteiger partial charge >= 0.3 is 0 Å². The Morgan fingerprint density at radius 3 is 2.57 bits per heavy atom. The molecule has 0 aliphatic heterocycles. The monoisotopic (exact) mass is 313 g/mol. The summed E-state index contributed by atoms with van der Waals surface area (Å²) in [5.74, 6) is 1.27. The second-order valence-electron chi connectivity index (χ2n) is 5.52. The molecular formula is C19H23NO3. The van der Waals surface area contributed by atoms with Crippen LogP contribution in [0.4, 0.5) is 5.69 Å². The number of amides is 1. The van der Waals surface area contributed by atoms with Gasteiger partial charge in [-0.1, -0.05) is 19.1 Å². The third kappa shape index (κ3) is 5.33. The summed E-state index contributed by atoms with van der Waals surface area (Å²) in [7, 11) is 0. The number of benzene rings is 2. The van der Waals surface area contributed by atoms with Crippen molar-refractivity contribution >= 4 is 11.6 Å². The molecule has 0 fully saturated rings. The Balaban J connectivity index is 2.06. The first-order chi connectivity index (χ1) is 11.1. The van der Waals surface area contributed by atoms with Gasteiger partial charge in [-0.3, -0.25) is 4.79 Å². The second kappa shape index (κ2) is 8.22. The standard InChI is InChI=1S/C19H23NO3/c1-4-11-22-17-9-5-7-15(12-17)19(21)20-16-8-6-10-18(13-16)23-14(2)3/h5-10,12-14H,4,11H2,1-3H3,(H,20,21). The van der Waals surface area contributed by atoms with E-state index in [2.05, 4.69) is 5.32 Å². The molecule has 0 radical (unpaired) electrons. The van der Waals surface area contributed by atoms with Crippen LogP contribution in [0.15, 0.2) is 48.5 Å². The molecule has 0 bridgehead atoms. The zero-order chi connectivity index (χ0) is 16.7. The van der Waals surface area contributed by atoms with Crippen molar-refractivity contribution in [2.45, 2.75) is 33.3 Å². The van der Waals surface area contributed by atoms with Crippen molar-refractivity contribution in [3.63, 3.8) is 0 Å². The Morgan fingerprint density at radius 1 is 1.09 bits per heavy atom. The molecule has 0 aliphatic rings. The summed E-state index contributed by atoms with van der Waals surface area (Å²) in [5.41, 5.74) is 1.27. The molecule has 0 aliphatic carbocycles. The van der Waals surface area contributed by atoms with Gasteiger partial charge in [-0.25, -0.2) is 0 Å². The minimum absolute atomic E-state index is 0.0911. The summed E-state index contributed by atoms with van der Waals surface area (Å²) >= 11 is 0. The van der Waals surface area contributed by atoms with Gasteiger partial charge in [0.2, 0.25) is 0 Å². The third-order valence-electron chi connectivity index (χ3n) is 3.03. The van der Waals surface area contributed by atoms with Crippen LogP contribution in [0.3, 0.4) is 0 Å².